The molecule has 0 atom stereocenters. The molecular weight excluding hydrogens is 72.1 g/mol. The maximum absolute atomic E-state index is 8.00. The van der Waals surface area contributed by atoms with Crippen LogP contribution in [0.4, 0.5) is 0 Å². The third-order valence-corrected chi connectivity index (χ3v) is 0. The largest absolute Gasteiger partial charge is 0.307 e. The van der Waals surface area contributed by atoms with E-state index in [4.69, 9.17) is 4.79 Å². The Hall–Kier alpha value is -0.240. The molecule has 0 spiro atoms. The Labute approximate surface area is 30.6 Å². The van der Waals surface area contributed by atoms with Crippen molar-refractivity contribution in [3.05, 3.63) is 0 Å². The van der Waals surface area contributed by atoms with E-state index in [9.17, 15) is 0 Å². The summed E-state index contributed by atoms with van der Waals surface area (Å²) in [5.74, 6) is 2.83. The third kappa shape index (κ3) is 17.6. The minimum absolute atomic E-state index is 2.00. The summed E-state index contributed by atoms with van der Waals surface area (Å²) in [6.07, 6.45) is 0. The van der Waals surface area contributed by atoms with Crippen molar-refractivity contribution in [1.82, 2.24) is 0 Å². The van der Waals surface area contributed by atoms with Gasteiger partial charge in [-0.1, -0.05) is 12.2 Å². The lowest BCUT2D eigenvalue weighted by Crippen LogP contribution is -0.925. The van der Waals surface area contributed by atoms with Gasteiger partial charge in [0.1, 0.15) is 6.79 Å². The molecule has 0 N–H and O–H groups in total. The van der Waals surface area contributed by atoms with Gasteiger partial charge in [-0.3, -0.25) is 0 Å². The molecule has 0 aromatic rings. The predicted molar refractivity (Wildman–Crippen MR) is 21.8 cm³/mol. The van der Waals surface area contributed by atoms with Crippen molar-refractivity contribution in [3.8, 4) is 0 Å². The van der Waals surface area contributed by atoms with Gasteiger partial charge in [0, 0.05) is 0 Å². The zero-order valence-electron chi connectivity index (χ0n) is 2.23. The van der Waals surface area contributed by atoms with Crippen molar-refractivity contribution in [2.24, 2.45) is 0 Å². The average Bonchev–Trinajstić information content (AvgIpc) is 1.50. The first-order valence-electron chi connectivity index (χ1n) is 0.577. The highest BCUT2D eigenvalue weighted by atomic mass is 32.1. The van der Waals surface area contributed by atoms with E-state index in [1.807, 2.05) is 6.79 Å². The first kappa shape index (κ1) is 9.25. The van der Waals surface area contributed by atoms with Crippen LogP contribution in [0, 0.1) is 0 Å². The van der Waals surface area contributed by atoms with E-state index in [1.54, 1.807) is 0 Å². The predicted octanol–water partition coefficient (Wildman–Crippen LogP) is 0.431. The van der Waals surface area contributed by atoms with Crippen LogP contribution in [0.3, 0.4) is 0 Å². The molecule has 0 heterocycles. The topological polar surface area (TPSA) is 17.1 Å². The molecular formula is C2H4OS. The molecule has 2 heteroatoms. The molecule has 24 valence electrons. The Morgan fingerprint density at radius 1 is 1.25 bits per heavy atom. The summed E-state index contributed by atoms with van der Waals surface area (Å²) in [5.41, 5.74) is 0. The summed E-state index contributed by atoms with van der Waals surface area (Å²) in [4.78, 5) is 8.00. The summed E-state index contributed by atoms with van der Waals surface area (Å²) in [6.45, 7) is 2.00. The van der Waals surface area contributed by atoms with Crippen LogP contribution < -0.4 is 0 Å². The fourth-order valence-corrected chi connectivity index (χ4v) is 0. The minimum Gasteiger partial charge on any atom is -0.307 e. The van der Waals surface area contributed by atoms with Gasteiger partial charge in [0.05, 0.1) is 0 Å². The van der Waals surface area contributed by atoms with Crippen molar-refractivity contribution < 1.29 is 4.79 Å². The smallest absolute Gasteiger partial charge is 0.106 e. The zero-order valence-corrected chi connectivity index (χ0v) is 3.05. The quantitative estimate of drug-likeness (QED) is 0.389. The lowest BCUT2D eigenvalue weighted by atomic mass is 11.9. The minimum atomic E-state index is 2.00. The zero-order chi connectivity index (χ0) is 4.00. The highest BCUT2D eigenvalue weighted by Gasteiger charge is 0.642. The number of carbonyl (C=O) groups is 1. The Kier molecular flexibility index (Phi) is 343. The number of thiocarbonyl (C=S) groups is 1. The van der Waals surface area contributed by atoms with Crippen molar-refractivity contribution in [1.29, 1.82) is 0 Å². The van der Waals surface area contributed by atoms with E-state index in [1.165, 1.54) is 0 Å². The molecule has 0 aliphatic heterocycles. The first-order chi connectivity index (χ1) is 2.00. The van der Waals surface area contributed by atoms with E-state index < -0.39 is 0 Å². The maximum Gasteiger partial charge on any atom is 0.106 e. The third-order valence-electron chi connectivity index (χ3n) is 0. The second-order valence-corrected chi connectivity index (χ2v) is 0. The lowest BCUT2D eigenvalue weighted by Gasteiger charge is -0.837. The number of rotatable bonds is 0. The Morgan fingerprint density at radius 3 is 1.25 bits per heavy atom. The van der Waals surface area contributed by atoms with E-state index in [2.05, 4.69) is 18.1 Å². The summed E-state index contributed by atoms with van der Waals surface area (Å²) in [7, 11) is 0. The van der Waals surface area contributed by atoms with Crippen LogP contribution in [-0.2, 0) is 4.79 Å². The highest BCUT2D eigenvalue weighted by Crippen LogP contribution is 1.03. The van der Waals surface area contributed by atoms with E-state index in [-0.39, 0.29) is 0 Å². The molecule has 0 aliphatic rings. The van der Waals surface area contributed by atoms with E-state index in [0.717, 1.165) is 0 Å². The van der Waals surface area contributed by atoms with Crippen molar-refractivity contribution in [2.45, 2.75) is 0 Å². The summed E-state index contributed by atoms with van der Waals surface area (Å²) in [5, 5.41) is 0. The van der Waals surface area contributed by atoms with Crippen LogP contribution >= 0.6 is 12.2 Å². The second kappa shape index (κ2) is 148. The van der Waals surface area contributed by atoms with Crippen molar-refractivity contribution in [3.63, 3.8) is 0 Å². The molecule has 4 heavy (non-hydrogen) atoms. The molecule has 1 nitrogen and oxygen atoms in total. The monoisotopic (exact) mass is 76.0 g/mol. The average molecular weight is 76.1 g/mol. The number of hydrogen-bond acceptors (Lipinski definition) is 2. The molecule has 0 rings (SSSR count). The Balaban J connectivity index is 0. The standard InChI is InChI=1S/CH2O.CH2S/c2*1-2/h2*1H2. The van der Waals surface area contributed by atoms with E-state index >= 15 is 0 Å². The highest BCUT2D eigenvalue weighted by molar-refractivity contribution is 7.77. The normalized spacial score (nSPS) is 2.00. The van der Waals surface area contributed by atoms with Crippen LogP contribution in [0.1, 0.15) is 0 Å². The van der Waals surface area contributed by atoms with Crippen LogP contribution in [0.5, 0.6) is 0 Å². The summed E-state index contributed by atoms with van der Waals surface area (Å²) < 4.78 is 0. The molecule has 0 unspecified atom stereocenters. The van der Waals surface area contributed by atoms with Gasteiger partial charge < -0.3 is 4.79 Å². The summed E-state index contributed by atoms with van der Waals surface area (Å²) >= 11 is 3.83. The van der Waals surface area contributed by atoms with Gasteiger partial charge in [0.25, 0.3) is 0 Å². The van der Waals surface area contributed by atoms with Crippen LogP contribution in [0.25, 0.3) is 0 Å². The van der Waals surface area contributed by atoms with Gasteiger partial charge in [-0.15, -0.1) is 0 Å². The van der Waals surface area contributed by atoms with Gasteiger partial charge in [0.2, 0.25) is 0 Å². The molecule has 0 fully saturated rings. The van der Waals surface area contributed by atoms with Crippen molar-refractivity contribution >= 4 is 24.9 Å². The fraction of sp³-hybridized carbons (Fsp3) is 0. The van der Waals surface area contributed by atoms with Gasteiger partial charge >= 0.3 is 0 Å². The molecule has 0 aromatic heterocycles. The fourth-order valence-electron chi connectivity index (χ4n) is 0. The Morgan fingerprint density at radius 2 is 1.25 bits per heavy atom. The van der Waals surface area contributed by atoms with E-state index in [0.29, 0.717) is 0 Å². The Bertz CT molecular complexity index is 8.00. The second-order valence-electron chi connectivity index (χ2n) is 0. The molecule has 0 aromatic carbocycles. The van der Waals surface area contributed by atoms with Crippen LogP contribution in [-0.4, -0.2) is 12.7 Å². The SMILES string of the molecule is C=O.C=S. The van der Waals surface area contributed by atoms with Crippen LogP contribution in [0.2, 0.25) is 0 Å². The van der Waals surface area contributed by atoms with Crippen LogP contribution in [0.15, 0.2) is 0 Å². The van der Waals surface area contributed by atoms with Crippen molar-refractivity contribution in [2.75, 3.05) is 0 Å². The molecule has 0 bridgehead atoms. The molecule has 0 amide bonds. The van der Waals surface area contributed by atoms with Gasteiger partial charge in [-0.25, -0.2) is 0 Å². The molecule has 0 saturated carbocycles. The first-order valence-corrected chi connectivity index (χ1v) is 1.15. The summed E-state index contributed by atoms with van der Waals surface area (Å²) in [6, 6.07) is 0. The number of hydrogen-bond donors (Lipinski definition) is 0. The van der Waals surface area contributed by atoms with Gasteiger partial charge in [-0.05, 0) is 5.87 Å². The number of carbonyl (C=O) groups excluding carboxylic acids is 1. The maximum atomic E-state index is 8.00. The molecule has 0 aliphatic carbocycles. The molecule has 0 radical (unpaired) electrons. The molecule has 0 saturated heterocycles. The van der Waals surface area contributed by atoms with Gasteiger partial charge in [0.15, 0.2) is 0 Å². The lowest BCUT2D eigenvalue weighted by molar-refractivity contribution is -0.0979. The van der Waals surface area contributed by atoms with Gasteiger partial charge in [-0.2, -0.15) is 0 Å².